The highest BCUT2D eigenvalue weighted by Gasteiger charge is 2.19. The Morgan fingerprint density at radius 2 is 0.902 bits per heavy atom. The normalized spacial score (nSPS) is 11.9. The molecule has 0 aliphatic heterocycles. The van der Waals surface area contributed by atoms with E-state index in [0.717, 1.165) is 55.1 Å². The van der Waals surface area contributed by atoms with E-state index in [-0.39, 0.29) is 0 Å². The molecule has 5 heteroatoms. The molecule has 0 aliphatic carbocycles. The van der Waals surface area contributed by atoms with Gasteiger partial charge in [0.05, 0.1) is 38.0 Å². The molecule has 11 rings (SSSR count). The van der Waals surface area contributed by atoms with Crippen LogP contribution in [0.1, 0.15) is 0 Å². The van der Waals surface area contributed by atoms with Crippen LogP contribution in [0.2, 0.25) is 0 Å². The number of aromatic nitrogens is 4. The van der Waals surface area contributed by atoms with Gasteiger partial charge in [-0.15, -0.1) is 11.3 Å². The van der Waals surface area contributed by atoms with Crippen LogP contribution in [0.5, 0.6) is 0 Å². The van der Waals surface area contributed by atoms with Crippen molar-refractivity contribution >= 4 is 75.3 Å². The number of rotatable bonds is 4. The summed E-state index contributed by atoms with van der Waals surface area (Å²) in [4.78, 5) is 10.7. The van der Waals surface area contributed by atoms with Crippen LogP contribution in [-0.4, -0.2) is 19.1 Å². The first-order valence-corrected chi connectivity index (χ1v) is 18.0. The van der Waals surface area contributed by atoms with Gasteiger partial charge in [0.2, 0.25) is 0 Å². The fourth-order valence-corrected chi connectivity index (χ4v) is 9.01. The maximum absolute atomic E-state index is 5.37. The Bertz CT molecular complexity index is 3080. The Hall–Kier alpha value is -6.56. The molecule has 0 amide bonds. The van der Waals surface area contributed by atoms with Crippen LogP contribution in [0.3, 0.4) is 0 Å². The third-order valence-corrected chi connectivity index (χ3v) is 11.3. The monoisotopic (exact) mass is 668 g/mol. The van der Waals surface area contributed by atoms with Gasteiger partial charge in [0.1, 0.15) is 0 Å². The van der Waals surface area contributed by atoms with E-state index in [2.05, 4.69) is 179 Å². The quantitative estimate of drug-likeness (QED) is 0.187. The molecule has 238 valence electrons. The Balaban J connectivity index is 1.11. The molecule has 4 nitrogen and oxygen atoms in total. The fraction of sp³-hybridized carbons (Fsp3) is 0. The molecule has 51 heavy (non-hydrogen) atoms. The van der Waals surface area contributed by atoms with Gasteiger partial charge in [-0.25, -0.2) is 9.97 Å². The van der Waals surface area contributed by atoms with Crippen molar-refractivity contribution in [2.24, 2.45) is 0 Å². The summed E-state index contributed by atoms with van der Waals surface area (Å²) in [6.07, 6.45) is 0. The summed E-state index contributed by atoms with van der Waals surface area (Å²) in [6.45, 7) is 0. The lowest BCUT2D eigenvalue weighted by Gasteiger charge is -2.11. The zero-order valence-electron chi connectivity index (χ0n) is 27.4. The van der Waals surface area contributed by atoms with Gasteiger partial charge in [0.25, 0.3) is 0 Å². The summed E-state index contributed by atoms with van der Waals surface area (Å²) < 4.78 is 7.01. The average molecular weight is 669 g/mol. The molecular weight excluding hydrogens is 641 g/mol. The Morgan fingerprint density at radius 3 is 1.57 bits per heavy atom. The minimum absolute atomic E-state index is 0.728. The molecule has 0 spiro atoms. The van der Waals surface area contributed by atoms with E-state index in [4.69, 9.17) is 9.97 Å². The molecule has 0 N–H and O–H groups in total. The van der Waals surface area contributed by atoms with Crippen molar-refractivity contribution in [3.63, 3.8) is 0 Å². The van der Waals surface area contributed by atoms with Crippen LogP contribution in [0.15, 0.2) is 170 Å². The largest absolute Gasteiger partial charge is 0.309 e. The van der Waals surface area contributed by atoms with E-state index in [1.807, 2.05) is 0 Å². The fourth-order valence-electron chi connectivity index (χ4n) is 7.85. The van der Waals surface area contributed by atoms with Crippen LogP contribution in [-0.2, 0) is 0 Å². The summed E-state index contributed by atoms with van der Waals surface area (Å²) in [5.74, 6) is 0.728. The summed E-state index contributed by atoms with van der Waals surface area (Å²) in [5, 5.41) is 6.07. The first kappa shape index (κ1) is 28.3. The number of nitrogens with zero attached hydrogens (tertiary/aromatic N) is 4. The van der Waals surface area contributed by atoms with E-state index in [1.165, 1.54) is 42.8 Å². The number of hydrogen-bond donors (Lipinski definition) is 0. The molecule has 0 atom stereocenters. The molecule has 0 unspecified atom stereocenters. The van der Waals surface area contributed by atoms with Crippen LogP contribution in [0, 0.1) is 0 Å². The van der Waals surface area contributed by atoms with E-state index in [9.17, 15) is 0 Å². The second-order valence-corrected chi connectivity index (χ2v) is 14.1. The lowest BCUT2D eigenvalue weighted by molar-refractivity contribution is 1.18. The van der Waals surface area contributed by atoms with Gasteiger partial charge in [0.15, 0.2) is 5.82 Å². The summed E-state index contributed by atoms with van der Waals surface area (Å²) >= 11 is 1.76. The van der Waals surface area contributed by atoms with E-state index in [1.54, 1.807) is 11.3 Å². The molecule has 0 saturated heterocycles. The van der Waals surface area contributed by atoms with Gasteiger partial charge in [-0.2, -0.15) is 0 Å². The highest BCUT2D eigenvalue weighted by atomic mass is 32.1. The molecule has 0 fully saturated rings. The minimum atomic E-state index is 0.728. The molecule has 0 radical (unpaired) electrons. The smallest absolute Gasteiger partial charge is 0.160 e. The van der Waals surface area contributed by atoms with Crippen molar-refractivity contribution in [1.29, 1.82) is 0 Å². The van der Waals surface area contributed by atoms with E-state index < -0.39 is 0 Å². The van der Waals surface area contributed by atoms with E-state index in [0.29, 0.717) is 0 Å². The molecule has 4 aromatic heterocycles. The molecule has 7 aromatic carbocycles. The zero-order valence-corrected chi connectivity index (χ0v) is 28.2. The van der Waals surface area contributed by atoms with E-state index >= 15 is 0 Å². The zero-order chi connectivity index (χ0) is 33.5. The van der Waals surface area contributed by atoms with Crippen molar-refractivity contribution in [3.05, 3.63) is 170 Å². The van der Waals surface area contributed by atoms with Crippen LogP contribution < -0.4 is 0 Å². The van der Waals surface area contributed by atoms with Gasteiger partial charge >= 0.3 is 0 Å². The highest BCUT2D eigenvalue weighted by Crippen LogP contribution is 2.41. The van der Waals surface area contributed by atoms with Crippen molar-refractivity contribution in [3.8, 4) is 34.0 Å². The summed E-state index contributed by atoms with van der Waals surface area (Å²) in [7, 11) is 0. The number of hydrogen-bond acceptors (Lipinski definition) is 3. The maximum atomic E-state index is 5.37. The van der Waals surface area contributed by atoms with Crippen LogP contribution >= 0.6 is 11.3 Å². The third-order valence-electron chi connectivity index (χ3n) is 10.1. The van der Waals surface area contributed by atoms with Gasteiger partial charge in [-0.3, -0.25) is 0 Å². The molecule has 4 heterocycles. The molecular formula is C46H28N4S. The third kappa shape index (κ3) is 4.25. The van der Waals surface area contributed by atoms with Crippen LogP contribution in [0.4, 0.5) is 0 Å². The van der Waals surface area contributed by atoms with Crippen molar-refractivity contribution in [1.82, 2.24) is 19.1 Å². The van der Waals surface area contributed by atoms with Gasteiger partial charge < -0.3 is 9.13 Å². The Morgan fingerprint density at radius 1 is 0.392 bits per heavy atom. The molecule has 0 saturated carbocycles. The van der Waals surface area contributed by atoms with Crippen molar-refractivity contribution in [2.75, 3.05) is 0 Å². The standard InChI is InChI=1S/C46H28N4S/c1-2-12-31(13-3-1)49-40-20-10-6-16-35(40)37-28-30(24-27-41(37)49)46-47-43(45-44(48-46)36-17-7-11-21-42(36)51-45)29-22-25-32(26-23-29)50-38-18-8-4-14-33(38)34-15-5-9-19-39(34)50/h1-28H. The number of benzene rings is 7. The Labute approximate surface area is 297 Å². The van der Waals surface area contributed by atoms with Crippen molar-refractivity contribution < 1.29 is 0 Å². The van der Waals surface area contributed by atoms with Crippen LogP contribution in [0.25, 0.3) is 97.9 Å². The number of fused-ring (bicyclic) bond motifs is 9. The minimum Gasteiger partial charge on any atom is -0.309 e. The lowest BCUT2D eigenvalue weighted by atomic mass is 10.1. The summed E-state index contributed by atoms with van der Waals surface area (Å²) in [6, 6.07) is 60.6. The van der Waals surface area contributed by atoms with Crippen molar-refractivity contribution in [2.45, 2.75) is 0 Å². The second-order valence-electron chi connectivity index (χ2n) is 13.0. The topological polar surface area (TPSA) is 35.6 Å². The number of para-hydroxylation sites is 4. The molecule has 0 aliphatic rings. The first-order chi connectivity index (χ1) is 25.3. The second kappa shape index (κ2) is 11.0. The Kier molecular flexibility index (Phi) is 6.09. The van der Waals surface area contributed by atoms with Gasteiger partial charge in [-0.1, -0.05) is 103 Å². The predicted octanol–water partition coefficient (Wildman–Crippen LogP) is 12.4. The van der Waals surface area contributed by atoms with Gasteiger partial charge in [0, 0.05) is 54.1 Å². The first-order valence-electron chi connectivity index (χ1n) is 17.2. The SMILES string of the molecule is c1ccc(-n2c3ccccc3c3cc(-c4nc(-c5ccc(-n6c7ccccc7c7ccccc76)cc5)c5sc6ccccc6c5n4)ccc32)cc1. The highest BCUT2D eigenvalue weighted by molar-refractivity contribution is 7.26. The average Bonchev–Trinajstić information content (AvgIpc) is 3.86. The lowest BCUT2D eigenvalue weighted by Crippen LogP contribution is -1.96. The number of thiophene rings is 1. The predicted molar refractivity (Wildman–Crippen MR) is 214 cm³/mol. The maximum Gasteiger partial charge on any atom is 0.160 e. The summed E-state index contributed by atoms with van der Waals surface area (Å²) in [5.41, 5.74) is 11.0. The molecule has 11 aromatic rings. The molecule has 0 bridgehead atoms. The van der Waals surface area contributed by atoms with Gasteiger partial charge in [-0.05, 0) is 66.7 Å².